The molecule has 0 aromatic heterocycles. The molecule has 4 aromatic rings. The summed E-state index contributed by atoms with van der Waals surface area (Å²) in [5.74, 6) is -2.84. The molecule has 8 bridgehead atoms. The highest BCUT2D eigenvalue weighted by Gasteiger charge is 2.21. The molecule has 5 rings (SSSR count). The lowest BCUT2D eigenvalue weighted by atomic mass is 9.90. The van der Waals surface area contributed by atoms with Crippen molar-refractivity contribution in [1.82, 2.24) is 0 Å². The third kappa shape index (κ3) is 4.48. The Labute approximate surface area is 217 Å². The van der Waals surface area contributed by atoms with E-state index >= 15 is 0 Å². The second kappa shape index (κ2) is 9.48. The number of phenols is 4. The maximum Gasteiger partial charge on any atom is 0.335 e. The average Bonchev–Trinajstić information content (AvgIpc) is 2.87. The van der Waals surface area contributed by atoms with E-state index in [4.69, 9.17) is 0 Å². The Bertz CT molecular complexity index is 1410. The van der Waals surface area contributed by atoms with Crippen LogP contribution in [0.3, 0.4) is 0 Å². The monoisotopic (exact) mass is 512 g/mol. The molecule has 0 spiro atoms. The zero-order chi connectivity index (χ0) is 27.1. The number of benzene rings is 4. The standard InChI is InChI=1S/C30H24O8/c31-25-15-3-1-4-16(25)8-20-12-24(30(37)38)14-22(28(20)34)10-18-6-2-5-17(26(18)32)9-21-13-23(29(35)36)11-19(7-15)27(21)33/h1-6,11-14,31-34H,7-10H2,(H,35,36)(H,37,38). The second-order valence-corrected chi connectivity index (χ2v) is 9.45. The van der Waals surface area contributed by atoms with Gasteiger partial charge in [0, 0.05) is 25.7 Å². The lowest BCUT2D eigenvalue weighted by molar-refractivity contribution is 0.0686. The fourth-order valence-electron chi connectivity index (χ4n) is 4.99. The Hall–Kier alpha value is -4.98. The topological polar surface area (TPSA) is 156 Å². The van der Waals surface area contributed by atoms with E-state index in [-0.39, 0.29) is 82.1 Å². The summed E-state index contributed by atoms with van der Waals surface area (Å²) >= 11 is 0. The van der Waals surface area contributed by atoms with Crippen LogP contribution in [-0.2, 0) is 25.7 Å². The summed E-state index contributed by atoms with van der Waals surface area (Å²) in [6, 6.07) is 15.3. The minimum absolute atomic E-state index is 0.0120. The van der Waals surface area contributed by atoms with Crippen LogP contribution in [0.25, 0.3) is 0 Å². The fourth-order valence-corrected chi connectivity index (χ4v) is 4.99. The molecule has 8 heteroatoms. The van der Waals surface area contributed by atoms with Gasteiger partial charge < -0.3 is 30.6 Å². The molecular weight excluding hydrogens is 488 g/mol. The van der Waals surface area contributed by atoms with Gasteiger partial charge in [0.1, 0.15) is 23.0 Å². The molecule has 0 saturated carbocycles. The van der Waals surface area contributed by atoms with E-state index in [1.54, 1.807) is 36.4 Å². The summed E-state index contributed by atoms with van der Waals surface area (Å²) in [6.45, 7) is 0. The largest absolute Gasteiger partial charge is 0.507 e. The normalized spacial score (nSPS) is 12.6. The van der Waals surface area contributed by atoms with Crippen LogP contribution in [0.1, 0.15) is 65.2 Å². The minimum Gasteiger partial charge on any atom is -0.507 e. The van der Waals surface area contributed by atoms with Gasteiger partial charge in [-0.05, 0) is 68.8 Å². The number of fused-ring (bicyclic) bond motifs is 8. The maximum atomic E-state index is 11.9. The highest BCUT2D eigenvalue weighted by molar-refractivity contribution is 5.89. The van der Waals surface area contributed by atoms with Crippen LogP contribution in [0.2, 0.25) is 0 Å². The molecule has 6 N–H and O–H groups in total. The van der Waals surface area contributed by atoms with Gasteiger partial charge in [0.2, 0.25) is 0 Å². The fraction of sp³-hybridized carbons (Fsp3) is 0.133. The molecule has 192 valence electrons. The van der Waals surface area contributed by atoms with Crippen LogP contribution in [0, 0.1) is 0 Å². The highest BCUT2D eigenvalue weighted by Crippen LogP contribution is 2.38. The SMILES string of the molecule is O=C(O)c1cc2c(O)c(c1)Cc1cccc(c1O)Cc1cc(C(=O)O)cc(c1O)Cc1cccc(c1O)C2. The van der Waals surface area contributed by atoms with Crippen molar-refractivity contribution < 1.29 is 40.2 Å². The molecule has 4 aromatic carbocycles. The van der Waals surface area contributed by atoms with Gasteiger partial charge in [-0.1, -0.05) is 36.4 Å². The van der Waals surface area contributed by atoms with Crippen molar-refractivity contribution in [2.45, 2.75) is 25.7 Å². The molecule has 38 heavy (non-hydrogen) atoms. The van der Waals surface area contributed by atoms with Crippen molar-refractivity contribution in [3.05, 3.63) is 116 Å². The van der Waals surface area contributed by atoms with Crippen molar-refractivity contribution in [3.63, 3.8) is 0 Å². The second-order valence-electron chi connectivity index (χ2n) is 9.45. The van der Waals surface area contributed by atoms with E-state index in [0.29, 0.717) is 22.3 Å². The molecular formula is C30H24O8. The zero-order valence-electron chi connectivity index (χ0n) is 20.1. The predicted octanol–water partition coefficient (Wildman–Crippen LogP) is 4.58. The number of carboxylic acids is 2. The van der Waals surface area contributed by atoms with E-state index in [1.165, 1.54) is 24.3 Å². The third-order valence-electron chi connectivity index (χ3n) is 6.96. The number of para-hydroxylation sites is 2. The smallest absolute Gasteiger partial charge is 0.335 e. The molecule has 1 aliphatic carbocycles. The summed E-state index contributed by atoms with van der Waals surface area (Å²) in [6.07, 6.45) is 0.0478. The van der Waals surface area contributed by atoms with Gasteiger partial charge >= 0.3 is 11.9 Å². The number of carbonyl (C=O) groups is 2. The van der Waals surface area contributed by atoms with Crippen LogP contribution in [0.15, 0.2) is 60.7 Å². The van der Waals surface area contributed by atoms with Gasteiger partial charge in [-0.3, -0.25) is 0 Å². The van der Waals surface area contributed by atoms with Gasteiger partial charge in [-0.25, -0.2) is 9.59 Å². The predicted molar refractivity (Wildman–Crippen MR) is 138 cm³/mol. The van der Waals surface area contributed by atoms with Crippen molar-refractivity contribution in [2.24, 2.45) is 0 Å². The van der Waals surface area contributed by atoms with Crippen LogP contribution >= 0.6 is 0 Å². The minimum atomic E-state index is -1.18. The van der Waals surface area contributed by atoms with Gasteiger partial charge in [-0.15, -0.1) is 0 Å². The van der Waals surface area contributed by atoms with Crippen molar-refractivity contribution in [3.8, 4) is 23.0 Å². The third-order valence-corrected chi connectivity index (χ3v) is 6.96. The maximum absolute atomic E-state index is 11.9. The number of rotatable bonds is 2. The van der Waals surface area contributed by atoms with Crippen LogP contribution in [0.4, 0.5) is 0 Å². The molecule has 0 heterocycles. The van der Waals surface area contributed by atoms with Crippen LogP contribution in [-0.4, -0.2) is 42.6 Å². The molecule has 0 radical (unpaired) electrons. The highest BCUT2D eigenvalue weighted by atomic mass is 16.4. The summed E-state index contributed by atoms with van der Waals surface area (Å²) in [4.78, 5) is 23.7. The lowest BCUT2D eigenvalue weighted by Gasteiger charge is -2.18. The Kier molecular flexibility index (Phi) is 6.16. The van der Waals surface area contributed by atoms with Crippen molar-refractivity contribution in [1.29, 1.82) is 0 Å². The van der Waals surface area contributed by atoms with Gasteiger partial charge in [0.15, 0.2) is 0 Å². The average molecular weight is 513 g/mol. The molecule has 0 fully saturated rings. The number of aromatic carboxylic acids is 2. The first-order chi connectivity index (χ1) is 18.1. The Morgan fingerprint density at radius 2 is 0.684 bits per heavy atom. The molecule has 0 saturated heterocycles. The first kappa shape index (κ1) is 24.7. The molecule has 0 aliphatic heterocycles. The number of phenolic OH excluding ortho intramolecular Hbond substituents is 4. The first-order valence-corrected chi connectivity index (χ1v) is 11.9. The number of hydrogen-bond donors (Lipinski definition) is 6. The molecule has 1 aliphatic rings. The van der Waals surface area contributed by atoms with Gasteiger partial charge in [-0.2, -0.15) is 0 Å². The van der Waals surface area contributed by atoms with E-state index in [2.05, 4.69) is 0 Å². The van der Waals surface area contributed by atoms with Crippen LogP contribution in [0.5, 0.6) is 23.0 Å². The zero-order valence-corrected chi connectivity index (χ0v) is 20.1. The van der Waals surface area contributed by atoms with Gasteiger partial charge in [0.05, 0.1) is 11.1 Å². The first-order valence-electron chi connectivity index (χ1n) is 11.9. The molecule has 8 nitrogen and oxygen atoms in total. The number of carboxylic acid groups (broad SMARTS) is 2. The van der Waals surface area contributed by atoms with Crippen LogP contribution < -0.4 is 0 Å². The number of hydrogen-bond acceptors (Lipinski definition) is 6. The van der Waals surface area contributed by atoms with Crippen molar-refractivity contribution in [2.75, 3.05) is 0 Å². The van der Waals surface area contributed by atoms with Gasteiger partial charge in [0.25, 0.3) is 0 Å². The van der Waals surface area contributed by atoms with E-state index in [0.717, 1.165) is 0 Å². The molecule has 0 amide bonds. The summed E-state index contributed by atoms with van der Waals surface area (Å²) in [7, 11) is 0. The molecule has 0 unspecified atom stereocenters. The van der Waals surface area contributed by atoms with Crippen molar-refractivity contribution >= 4 is 11.9 Å². The Morgan fingerprint density at radius 3 is 0.921 bits per heavy atom. The van der Waals surface area contributed by atoms with E-state index in [9.17, 15) is 40.2 Å². The number of aromatic hydroxyl groups is 4. The quantitative estimate of drug-likeness (QED) is 0.201. The molecule has 0 atom stereocenters. The Morgan fingerprint density at radius 1 is 0.447 bits per heavy atom. The van der Waals surface area contributed by atoms with E-state index in [1.807, 2.05) is 0 Å². The summed E-state index contributed by atoms with van der Waals surface area (Å²) < 4.78 is 0. The summed E-state index contributed by atoms with van der Waals surface area (Å²) in [5.41, 5.74) is 2.72. The lowest BCUT2D eigenvalue weighted by Crippen LogP contribution is -2.05. The van der Waals surface area contributed by atoms with E-state index < -0.39 is 11.9 Å². The Balaban J connectivity index is 1.77. The summed E-state index contributed by atoms with van der Waals surface area (Å²) in [5, 5.41) is 63.7.